The second-order valence-electron chi connectivity index (χ2n) is 7.15. The van der Waals surface area contributed by atoms with Gasteiger partial charge in [-0.2, -0.15) is 8.78 Å². The first kappa shape index (κ1) is 17.1. The van der Waals surface area contributed by atoms with Crippen LogP contribution in [0.1, 0.15) is 50.7 Å². The van der Waals surface area contributed by atoms with E-state index in [2.05, 4.69) is 0 Å². The van der Waals surface area contributed by atoms with Crippen LogP contribution in [0, 0.1) is 0 Å². The Morgan fingerprint density at radius 2 is 1.21 bits per heavy atom. The van der Waals surface area contributed by atoms with Gasteiger partial charge >= 0.3 is 0 Å². The molecule has 0 aromatic heterocycles. The molecule has 128 valence electrons. The van der Waals surface area contributed by atoms with Crippen LogP contribution in [0.3, 0.4) is 0 Å². The Labute approximate surface area is 141 Å². The second kappa shape index (κ2) is 5.64. The van der Waals surface area contributed by atoms with Crippen molar-refractivity contribution in [2.24, 2.45) is 0 Å². The summed E-state index contributed by atoms with van der Waals surface area (Å²) in [6, 6.07) is 14.0. The molecule has 1 fully saturated rings. The molecule has 0 bridgehead atoms. The lowest BCUT2D eigenvalue weighted by atomic mass is 9.90. The lowest BCUT2D eigenvalue weighted by molar-refractivity contribution is -0.0896. The summed E-state index contributed by atoms with van der Waals surface area (Å²) >= 11 is 0. The minimum atomic E-state index is -3.03. The van der Waals surface area contributed by atoms with Crippen molar-refractivity contribution in [1.82, 2.24) is 0 Å². The van der Waals surface area contributed by atoms with Crippen LogP contribution in [-0.4, -0.2) is 11.2 Å². The van der Waals surface area contributed by atoms with E-state index in [1.807, 2.05) is 27.7 Å². The number of hydrogen-bond acceptors (Lipinski definition) is 2. The van der Waals surface area contributed by atoms with Crippen molar-refractivity contribution in [1.29, 1.82) is 0 Å². The van der Waals surface area contributed by atoms with E-state index in [9.17, 15) is 8.78 Å². The maximum absolute atomic E-state index is 14.6. The van der Waals surface area contributed by atoms with Crippen molar-refractivity contribution in [3.05, 3.63) is 71.3 Å². The molecule has 2 aromatic rings. The molecule has 4 heteroatoms. The zero-order valence-corrected chi connectivity index (χ0v) is 14.3. The van der Waals surface area contributed by atoms with Crippen molar-refractivity contribution in [3.63, 3.8) is 0 Å². The van der Waals surface area contributed by atoms with Gasteiger partial charge in [-0.25, -0.2) is 0 Å². The van der Waals surface area contributed by atoms with E-state index < -0.39 is 23.4 Å². The van der Waals surface area contributed by atoms with Gasteiger partial charge in [0.15, 0.2) is 6.29 Å². The van der Waals surface area contributed by atoms with E-state index in [-0.39, 0.29) is 11.1 Å². The van der Waals surface area contributed by atoms with E-state index in [0.717, 1.165) is 5.56 Å². The zero-order chi connectivity index (χ0) is 17.6. The predicted octanol–water partition coefficient (Wildman–Crippen LogP) is 5.43. The molecule has 2 aromatic carbocycles. The summed E-state index contributed by atoms with van der Waals surface area (Å²) in [5, 5.41) is 0. The monoisotopic (exact) mass is 332 g/mol. The average Bonchev–Trinajstić information content (AvgIpc) is 2.76. The van der Waals surface area contributed by atoms with Crippen LogP contribution < -0.4 is 0 Å². The third-order valence-corrected chi connectivity index (χ3v) is 4.93. The fourth-order valence-electron chi connectivity index (χ4n) is 2.64. The van der Waals surface area contributed by atoms with Gasteiger partial charge in [0.1, 0.15) is 0 Å². The molecule has 0 amide bonds. The fourth-order valence-corrected chi connectivity index (χ4v) is 2.64. The molecule has 0 N–H and O–H groups in total. The molecule has 1 aliphatic heterocycles. The van der Waals surface area contributed by atoms with Gasteiger partial charge < -0.3 is 9.47 Å². The van der Waals surface area contributed by atoms with Gasteiger partial charge in [-0.15, -0.1) is 0 Å². The second-order valence-corrected chi connectivity index (χ2v) is 7.15. The average molecular weight is 332 g/mol. The first-order valence-corrected chi connectivity index (χ1v) is 8.03. The van der Waals surface area contributed by atoms with Crippen LogP contribution in [0.15, 0.2) is 54.6 Å². The Hall–Kier alpha value is -1.78. The molecular weight excluding hydrogens is 310 g/mol. The van der Waals surface area contributed by atoms with Gasteiger partial charge in [0.05, 0.1) is 11.2 Å². The Balaban J connectivity index is 1.85. The number of ether oxygens (including phenoxy) is 2. The van der Waals surface area contributed by atoms with Gasteiger partial charge in [-0.3, -0.25) is 0 Å². The van der Waals surface area contributed by atoms with Gasteiger partial charge in [-0.1, -0.05) is 54.6 Å². The highest BCUT2D eigenvalue weighted by Gasteiger charge is 2.49. The first-order chi connectivity index (χ1) is 11.1. The molecule has 3 rings (SSSR count). The highest BCUT2D eigenvalue weighted by Crippen LogP contribution is 2.45. The number of hydrogen-bond donors (Lipinski definition) is 0. The molecule has 1 aliphatic rings. The molecule has 1 saturated heterocycles. The first-order valence-electron chi connectivity index (χ1n) is 8.03. The Bertz CT molecular complexity index is 690. The topological polar surface area (TPSA) is 18.5 Å². The Morgan fingerprint density at radius 1 is 0.750 bits per heavy atom. The standard InChI is InChI=1S/C20H22F2O2/c1-18(2)19(3,4)24-17(23-18)14-10-12-16(13-11-14)20(21,22)15-8-6-5-7-9-15/h5-13,17H,1-4H3. The van der Waals surface area contributed by atoms with E-state index in [1.165, 1.54) is 24.3 Å². The van der Waals surface area contributed by atoms with Crippen LogP contribution in [0.5, 0.6) is 0 Å². The summed E-state index contributed by atoms with van der Waals surface area (Å²) in [7, 11) is 0. The number of halogens is 2. The van der Waals surface area contributed by atoms with Crippen LogP contribution in [0.2, 0.25) is 0 Å². The highest BCUT2D eigenvalue weighted by molar-refractivity contribution is 5.35. The van der Waals surface area contributed by atoms with Crippen LogP contribution in [-0.2, 0) is 15.4 Å². The molecular formula is C20H22F2O2. The van der Waals surface area contributed by atoms with E-state index >= 15 is 0 Å². The van der Waals surface area contributed by atoms with E-state index in [4.69, 9.17) is 9.47 Å². The van der Waals surface area contributed by atoms with Gasteiger partial charge in [-0.05, 0) is 27.7 Å². The van der Waals surface area contributed by atoms with Crippen molar-refractivity contribution >= 4 is 0 Å². The molecule has 0 aliphatic carbocycles. The zero-order valence-electron chi connectivity index (χ0n) is 14.3. The van der Waals surface area contributed by atoms with E-state index in [0.29, 0.717) is 0 Å². The summed E-state index contributed by atoms with van der Waals surface area (Å²) in [5.41, 5.74) is -0.238. The number of benzene rings is 2. The third kappa shape index (κ3) is 2.85. The summed E-state index contributed by atoms with van der Waals surface area (Å²) in [6.45, 7) is 7.85. The predicted molar refractivity (Wildman–Crippen MR) is 88.9 cm³/mol. The summed E-state index contributed by atoms with van der Waals surface area (Å²) < 4.78 is 41.1. The SMILES string of the molecule is CC1(C)OC(c2ccc(C(F)(F)c3ccccc3)cc2)OC1(C)C. The molecule has 0 atom stereocenters. The van der Waals surface area contributed by atoms with Crippen LogP contribution >= 0.6 is 0 Å². The number of alkyl halides is 2. The van der Waals surface area contributed by atoms with E-state index in [1.54, 1.807) is 30.3 Å². The van der Waals surface area contributed by atoms with Crippen molar-refractivity contribution in [3.8, 4) is 0 Å². The van der Waals surface area contributed by atoms with Crippen molar-refractivity contribution in [2.75, 3.05) is 0 Å². The van der Waals surface area contributed by atoms with Gasteiger partial charge in [0.2, 0.25) is 0 Å². The summed E-state index contributed by atoms with van der Waals surface area (Å²) in [5.74, 6) is -3.03. The van der Waals surface area contributed by atoms with Crippen LogP contribution in [0.4, 0.5) is 8.78 Å². The normalized spacial score (nSPS) is 20.2. The highest BCUT2D eigenvalue weighted by atomic mass is 19.3. The molecule has 0 saturated carbocycles. The van der Waals surface area contributed by atoms with Crippen molar-refractivity contribution in [2.45, 2.75) is 51.1 Å². The minimum Gasteiger partial charge on any atom is -0.339 e. The lowest BCUT2D eigenvalue weighted by Crippen LogP contribution is -2.41. The summed E-state index contributed by atoms with van der Waals surface area (Å²) in [4.78, 5) is 0. The quantitative estimate of drug-likeness (QED) is 0.746. The maximum Gasteiger partial charge on any atom is 0.298 e. The minimum absolute atomic E-state index is 0.0200. The van der Waals surface area contributed by atoms with Gasteiger partial charge in [0, 0.05) is 16.7 Å². The molecule has 1 heterocycles. The smallest absolute Gasteiger partial charge is 0.298 e. The molecule has 0 radical (unpaired) electrons. The maximum atomic E-state index is 14.6. The molecule has 2 nitrogen and oxygen atoms in total. The largest absolute Gasteiger partial charge is 0.339 e. The Morgan fingerprint density at radius 3 is 1.71 bits per heavy atom. The van der Waals surface area contributed by atoms with Crippen LogP contribution in [0.25, 0.3) is 0 Å². The lowest BCUT2D eigenvalue weighted by Gasteiger charge is -2.30. The molecule has 24 heavy (non-hydrogen) atoms. The third-order valence-electron chi connectivity index (χ3n) is 4.93. The van der Waals surface area contributed by atoms with Gasteiger partial charge in [0.25, 0.3) is 5.92 Å². The van der Waals surface area contributed by atoms with Crippen molar-refractivity contribution < 1.29 is 18.3 Å². The Kier molecular flexibility index (Phi) is 4.01. The fraction of sp³-hybridized carbons (Fsp3) is 0.400. The number of rotatable bonds is 3. The molecule has 0 spiro atoms. The summed E-state index contributed by atoms with van der Waals surface area (Å²) in [6.07, 6.45) is -0.547. The molecule has 0 unspecified atom stereocenters.